The highest BCUT2D eigenvalue weighted by atomic mass is 16.5. The van der Waals surface area contributed by atoms with Gasteiger partial charge >= 0.3 is 0 Å². The standard InChI is InChI=1S/C27H31N5O3/c1-30-25-20(11-18(13-24(25)35-2)27(34)31-10-9-23(33)19(28)15-31)29-26(30)22-12-17-5-3-4-6-21(17)32(22)14-16-7-8-16/h3-6,11-13,16,19,23,33H,7-10,14-15,28H2,1-2H3/t19?,23-/m1/s1. The minimum atomic E-state index is -0.572. The fourth-order valence-electron chi connectivity index (χ4n) is 5.31. The molecule has 0 radical (unpaired) electrons. The van der Waals surface area contributed by atoms with Gasteiger partial charge in [-0.3, -0.25) is 4.79 Å². The number of aliphatic hydroxyl groups is 1. The Balaban J connectivity index is 1.45. The third-order valence-corrected chi connectivity index (χ3v) is 7.49. The molecule has 2 fully saturated rings. The average Bonchev–Trinajstić information content (AvgIpc) is 3.53. The van der Waals surface area contributed by atoms with Crippen molar-refractivity contribution in [2.24, 2.45) is 18.7 Å². The number of aryl methyl sites for hydroxylation is 1. The number of hydrogen-bond acceptors (Lipinski definition) is 5. The molecule has 6 rings (SSSR count). The van der Waals surface area contributed by atoms with Crippen LogP contribution in [0.3, 0.4) is 0 Å². The molecule has 3 N–H and O–H groups in total. The number of likely N-dealkylation sites (tertiary alicyclic amines) is 1. The van der Waals surface area contributed by atoms with Crippen molar-refractivity contribution in [3.8, 4) is 17.3 Å². The van der Waals surface area contributed by atoms with Crippen molar-refractivity contribution in [1.82, 2.24) is 19.0 Å². The Bertz CT molecular complexity index is 1430. The van der Waals surface area contributed by atoms with Gasteiger partial charge in [-0.25, -0.2) is 4.98 Å². The molecule has 0 bridgehead atoms. The van der Waals surface area contributed by atoms with Crippen molar-refractivity contribution in [1.29, 1.82) is 0 Å². The van der Waals surface area contributed by atoms with Crippen LogP contribution in [0, 0.1) is 5.92 Å². The molecule has 3 heterocycles. The molecular weight excluding hydrogens is 442 g/mol. The van der Waals surface area contributed by atoms with Gasteiger partial charge in [0.05, 0.1) is 24.4 Å². The van der Waals surface area contributed by atoms with Gasteiger partial charge in [-0.05, 0) is 49.4 Å². The van der Waals surface area contributed by atoms with Gasteiger partial charge in [-0.2, -0.15) is 0 Å². The smallest absolute Gasteiger partial charge is 0.254 e. The first-order valence-corrected chi connectivity index (χ1v) is 12.3. The van der Waals surface area contributed by atoms with E-state index in [9.17, 15) is 9.90 Å². The van der Waals surface area contributed by atoms with E-state index in [1.165, 1.54) is 23.7 Å². The van der Waals surface area contributed by atoms with Crippen molar-refractivity contribution >= 4 is 27.8 Å². The third-order valence-electron chi connectivity index (χ3n) is 7.49. The number of aliphatic hydroxyl groups excluding tert-OH is 1. The molecule has 1 aliphatic carbocycles. The van der Waals surface area contributed by atoms with Crippen LogP contribution in [0.25, 0.3) is 33.5 Å². The summed E-state index contributed by atoms with van der Waals surface area (Å²) in [5.41, 5.74) is 10.4. The predicted octanol–water partition coefficient (Wildman–Crippen LogP) is 3.15. The molecule has 8 nitrogen and oxygen atoms in total. The molecule has 35 heavy (non-hydrogen) atoms. The number of aromatic nitrogens is 3. The van der Waals surface area contributed by atoms with Gasteiger partial charge in [0.1, 0.15) is 11.3 Å². The van der Waals surface area contributed by atoms with E-state index < -0.39 is 12.1 Å². The van der Waals surface area contributed by atoms with E-state index in [0.29, 0.717) is 36.7 Å². The maximum atomic E-state index is 13.3. The summed E-state index contributed by atoms with van der Waals surface area (Å²) in [7, 11) is 3.62. The second-order valence-corrected chi connectivity index (χ2v) is 9.95. The van der Waals surface area contributed by atoms with Crippen LogP contribution in [-0.4, -0.2) is 62.4 Å². The number of fused-ring (bicyclic) bond motifs is 2. The summed E-state index contributed by atoms with van der Waals surface area (Å²) in [5, 5.41) is 11.1. The number of ether oxygens (including phenoxy) is 1. The van der Waals surface area contributed by atoms with Gasteiger partial charge in [0, 0.05) is 49.2 Å². The number of nitrogens with two attached hydrogens (primary N) is 1. The topological polar surface area (TPSA) is 98.5 Å². The first kappa shape index (κ1) is 22.1. The van der Waals surface area contributed by atoms with Crippen LogP contribution < -0.4 is 10.5 Å². The lowest BCUT2D eigenvalue weighted by Crippen LogP contribution is -2.53. The molecule has 182 valence electrons. The number of imidazole rings is 1. The molecule has 1 unspecified atom stereocenters. The van der Waals surface area contributed by atoms with Gasteiger partial charge in [0.25, 0.3) is 5.91 Å². The molecule has 2 atom stereocenters. The van der Waals surface area contributed by atoms with Gasteiger partial charge < -0.3 is 29.6 Å². The van der Waals surface area contributed by atoms with Crippen LogP contribution in [0.2, 0.25) is 0 Å². The second-order valence-electron chi connectivity index (χ2n) is 9.95. The summed E-state index contributed by atoms with van der Waals surface area (Å²) in [6.45, 7) is 1.78. The van der Waals surface area contributed by atoms with Crippen LogP contribution in [0.4, 0.5) is 0 Å². The monoisotopic (exact) mass is 473 g/mol. The molecule has 0 spiro atoms. The largest absolute Gasteiger partial charge is 0.494 e. The van der Waals surface area contributed by atoms with E-state index in [4.69, 9.17) is 15.5 Å². The van der Waals surface area contributed by atoms with Crippen molar-refractivity contribution in [3.63, 3.8) is 0 Å². The SMILES string of the molecule is COc1cc(C(=O)N2CC[C@@H](O)C(N)C2)cc2nc(-c3cc4ccccc4n3CC3CC3)n(C)c12. The molecule has 1 saturated carbocycles. The normalized spacial score (nSPS) is 20.6. The highest BCUT2D eigenvalue weighted by molar-refractivity contribution is 6.00. The van der Waals surface area contributed by atoms with Crippen LogP contribution in [-0.2, 0) is 13.6 Å². The maximum absolute atomic E-state index is 13.3. The van der Waals surface area contributed by atoms with Crippen LogP contribution in [0.5, 0.6) is 5.75 Å². The fraction of sp³-hybridized carbons (Fsp3) is 0.407. The Hall–Kier alpha value is -3.36. The number of benzene rings is 2. The van der Waals surface area contributed by atoms with Gasteiger partial charge in [0.2, 0.25) is 0 Å². The van der Waals surface area contributed by atoms with Crippen molar-refractivity contribution in [2.45, 2.75) is 38.0 Å². The highest BCUT2D eigenvalue weighted by Crippen LogP contribution is 2.38. The van der Waals surface area contributed by atoms with Crippen LogP contribution >= 0.6 is 0 Å². The molecular formula is C27H31N5O3. The summed E-state index contributed by atoms with van der Waals surface area (Å²) in [5.74, 6) is 2.05. The maximum Gasteiger partial charge on any atom is 0.254 e. The number of methoxy groups -OCH3 is 1. The number of nitrogens with zero attached hydrogens (tertiary/aromatic N) is 4. The van der Waals surface area contributed by atoms with E-state index >= 15 is 0 Å². The van der Waals surface area contributed by atoms with E-state index in [1.807, 2.05) is 13.1 Å². The van der Waals surface area contributed by atoms with Gasteiger partial charge in [-0.1, -0.05) is 18.2 Å². The predicted molar refractivity (Wildman–Crippen MR) is 135 cm³/mol. The summed E-state index contributed by atoms with van der Waals surface area (Å²) >= 11 is 0. The van der Waals surface area contributed by atoms with E-state index in [0.717, 1.165) is 29.1 Å². The Morgan fingerprint density at radius 2 is 2.00 bits per heavy atom. The van der Waals surface area contributed by atoms with Gasteiger partial charge in [0.15, 0.2) is 5.82 Å². The molecule has 2 aromatic heterocycles. The van der Waals surface area contributed by atoms with Crippen molar-refractivity contribution in [2.75, 3.05) is 20.2 Å². The van der Waals surface area contributed by atoms with Crippen molar-refractivity contribution < 1.29 is 14.6 Å². The zero-order valence-electron chi connectivity index (χ0n) is 20.1. The number of para-hydroxylation sites is 1. The second kappa shape index (κ2) is 8.39. The average molecular weight is 474 g/mol. The summed E-state index contributed by atoms with van der Waals surface area (Å²) in [4.78, 5) is 20.0. The first-order valence-electron chi connectivity index (χ1n) is 12.3. The lowest BCUT2D eigenvalue weighted by atomic mass is 10.0. The highest BCUT2D eigenvalue weighted by Gasteiger charge is 2.30. The quantitative estimate of drug-likeness (QED) is 0.464. The molecule has 4 aromatic rings. The van der Waals surface area contributed by atoms with Crippen LogP contribution in [0.15, 0.2) is 42.5 Å². The van der Waals surface area contributed by atoms with E-state index in [-0.39, 0.29) is 5.91 Å². The molecule has 2 aliphatic rings. The summed E-state index contributed by atoms with van der Waals surface area (Å²) in [6, 6.07) is 13.8. The number of amides is 1. The summed E-state index contributed by atoms with van der Waals surface area (Å²) < 4.78 is 10.2. The molecule has 8 heteroatoms. The zero-order chi connectivity index (χ0) is 24.3. The zero-order valence-corrected chi connectivity index (χ0v) is 20.1. The number of carbonyl (C=O) groups is 1. The Labute approximate surface area is 203 Å². The Kier molecular flexibility index (Phi) is 5.30. The minimum Gasteiger partial charge on any atom is -0.494 e. The third kappa shape index (κ3) is 3.77. The molecule has 1 amide bonds. The number of piperidine rings is 1. The lowest BCUT2D eigenvalue weighted by molar-refractivity contribution is 0.0459. The van der Waals surface area contributed by atoms with Gasteiger partial charge in [-0.15, -0.1) is 0 Å². The van der Waals surface area contributed by atoms with Crippen molar-refractivity contribution in [3.05, 3.63) is 48.0 Å². The van der Waals surface area contributed by atoms with E-state index in [1.54, 1.807) is 18.1 Å². The fourth-order valence-corrected chi connectivity index (χ4v) is 5.31. The first-order chi connectivity index (χ1) is 16.9. The summed E-state index contributed by atoms with van der Waals surface area (Å²) in [6.07, 6.45) is 2.44. The Morgan fingerprint density at radius 3 is 2.74 bits per heavy atom. The Morgan fingerprint density at radius 1 is 1.20 bits per heavy atom. The molecule has 1 saturated heterocycles. The number of rotatable bonds is 5. The number of carbonyl (C=O) groups excluding carboxylic acids is 1. The van der Waals surface area contributed by atoms with Crippen LogP contribution in [0.1, 0.15) is 29.6 Å². The lowest BCUT2D eigenvalue weighted by Gasteiger charge is -2.34. The molecule has 1 aliphatic heterocycles. The molecule has 2 aromatic carbocycles. The minimum absolute atomic E-state index is 0.123. The van der Waals surface area contributed by atoms with E-state index in [2.05, 4.69) is 39.5 Å². The number of hydrogen-bond donors (Lipinski definition) is 2.